The van der Waals surface area contributed by atoms with E-state index in [2.05, 4.69) is 15.1 Å². The van der Waals surface area contributed by atoms with Gasteiger partial charge in [-0.3, -0.25) is 9.48 Å². The van der Waals surface area contributed by atoms with Gasteiger partial charge in [-0.1, -0.05) is 31.2 Å². The van der Waals surface area contributed by atoms with Crippen molar-refractivity contribution in [3.05, 3.63) is 59.8 Å². The number of rotatable bonds is 7. The largest absolute Gasteiger partial charge is 0.471 e. The molecule has 0 unspecified atom stereocenters. The number of ether oxygens (including phenoxy) is 1. The van der Waals surface area contributed by atoms with E-state index in [1.165, 1.54) is 13.3 Å². The van der Waals surface area contributed by atoms with Crippen LogP contribution >= 0.6 is 0 Å². The smallest absolute Gasteiger partial charge is 0.281 e. The Morgan fingerprint density at radius 1 is 1.17 bits per heavy atom. The summed E-state index contributed by atoms with van der Waals surface area (Å²) in [4.78, 5) is 22.5. The molecule has 0 saturated heterocycles. The first-order chi connectivity index (χ1) is 14.4. The fraction of sp³-hybridized carbons (Fsp3) is 0.333. The molecule has 156 valence electrons. The second kappa shape index (κ2) is 7.81. The minimum Gasteiger partial charge on any atom is -0.471 e. The number of halogens is 2. The zero-order chi connectivity index (χ0) is 21.3. The van der Waals surface area contributed by atoms with Gasteiger partial charge in [-0.15, -0.1) is 0 Å². The fourth-order valence-corrected chi connectivity index (χ4v) is 3.26. The van der Waals surface area contributed by atoms with Crippen molar-refractivity contribution in [3.8, 4) is 17.0 Å². The molecule has 1 aliphatic rings. The van der Waals surface area contributed by atoms with Crippen LogP contribution in [0.5, 0.6) is 5.88 Å². The van der Waals surface area contributed by atoms with Gasteiger partial charge in [0.15, 0.2) is 6.61 Å². The SMILES string of the molecule is CCC(F)(F)COc1ncnc2c1C(=O)N(Cc1ccc(-c3cnn(C)c3)cc1)C2. The number of benzene rings is 1. The van der Waals surface area contributed by atoms with Crippen LogP contribution in [0.4, 0.5) is 8.78 Å². The Hall–Kier alpha value is -3.36. The summed E-state index contributed by atoms with van der Waals surface area (Å²) in [5.41, 5.74) is 3.63. The van der Waals surface area contributed by atoms with Crippen LogP contribution in [0.15, 0.2) is 43.0 Å². The van der Waals surface area contributed by atoms with Crippen LogP contribution in [0.2, 0.25) is 0 Å². The first-order valence-corrected chi connectivity index (χ1v) is 9.58. The number of nitrogens with zero attached hydrogens (tertiary/aromatic N) is 5. The van der Waals surface area contributed by atoms with Gasteiger partial charge in [0.2, 0.25) is 5.88 Å². The molecule has 0 spiro atoms. The molecule has 3 aromatic rings. The van der Waals surface area contributed by atoms with E-state index in [-0.39, 0.29) is 30.3 Å². The first kappa shape index (κ1) is 19.9. The van der Waals surface area contributed by atoms with Crippen molar-refractivity contribution < 1.29 is 18.3 Å². The summed E-state index contributed by atoms with van der Waals surface area (Å²) in [6.45, 7) is 1.20. The molecule has 1 aromatic carbocycles. The third kappa shape index (κ3) is 4.00. The third-order valence-corrected chi connectivity index (χ3v) is 5.04. The van der Waals surface area contributed by atoms with E-state index in [1.54, 1.807) is 15.8 Å². The monoisotopic (exact) mass is 413 g/mol. The number of amides is 1. The highest BCUT2D eigenvalue weighted by Crippen LogP contribution is 2.30. The van der Waals surface area contributed by atoms with Crippen LogP contribution in [0.3, 0.4) is 0 Å². The summed E-state index contributed by atoms with van der Waals surface area (Å²) < 4.78 is 34.0. The standard InChI is InChI=1S/C21H21F2N5O2/c1-3-21(22,23)12-30-19-18-17(24-13-25-19)11-28(20(18)29)9-14-4-6-15(7-5-14)16-8-26-27(2)10-16/h4-8,10,13H,3,9,11-12H2,1-2H3. The Balaban J connectivity index is 1.47. The van der Waals surface area contributed by atoms with Crippen molar-refractivity contribution in [2.75, 3.05) is 6.61 Å². The molecule has 1 amide bonds. The van der Waals surface area contributed by atoms with Gasteiger partial charge in [-0.05, 0) is 11.1 Å². The highest BCUT2D eigenvalue weighted by atomic mass is 19.3. The second-order valence-electron chi connectivity index (χ2n) is 7.26. The molecule has 2 aromatic heterocycles. The summed E-state index contributed by atoms with van der Waals surface area (Å²) in [5.74, 6) is -3.39. The molecule has 30 heavy (non-hydrogen) atoms. The molecule has 0 N–H and O–H groups in total. The van der Waals surface area contributed by atoms with Crippen molar-refractivity contribution in [1.29, 1.82) is 0 Å². The maximum atomic E-state index is 13.5. The molecule has 0 fully saturated rings. The highest BCUT2D eigenvalue weighted by Gasteiger charge is 2.35. The van der Waals surface area contributed by atoms with Crippen LogP contribution in [-0.2, 0) is 20.1 Å². The predicted octanol–water partition coefficient (Wildman–Crippen LogP) is 3.46. The Bertz CT molecular complexity index is 1070. The van der Waals surface area contributed by atoms with Gasteiger partial charge >= 0.3 is 0 Å². The van der Waals surface area contributed by atoms with E-state index in [0.717, 1.165) is 16.7 Å². The van der Waals surface area contributed by atoms with Gasteiger partial charge in [0.1, 0.15) is 11.9 Å². The summed E-state index contributed by atoms with van der Waals surface area (Å²) in [5, 5.41) is 4.17. The lowest BCUT2D eigenvalue weighted by Gasteiger charge is -2.16. The lowest BCUT2D eigenvalue weighted by molar-refractivity contribution is -0.0449. The zero-order valence-electron chi connectivity index (χ0n) is 16.7. The number of hydrogen-bond donors (Lipinski definition) is 0. The number of aromatic nitrogens is 4. The molecule has 0 atom stereocenters. The normalized spacial score (nSPS) is 13.6. The van der Waals surface area contributed by atoms with Gasteiger partial charge in [0, 0.05) is 31.8 Å². The summed E-state index contributed by atoms with van der Waals surface area (Å²) in [6, 6.07) is 7.84. The van der Waals surface area contributed by atoms with E-state index < -0.39 is 12.5 Å². The van der Waals surface area contributed by atoms with Crippen LogP contribution < -0.4 is 4.74 Å². The molecular weight excluding hydrogens is 392 g/mol. The number of alkyl halides is 2. The van der Waals surface area contributed by atoms with Gasteiger partial charge < -0.3 is 9.64 Å². The molecule has 7 nitrogen and oxygen atoms in total. The van der Waals surface area contributed by atoms with Crippen LogP contribution in [0, 0.1) is 0 Å². The maximum Gasteiger partial charge on any atom is 0.281 e. The van der Waals surface area contributed by atoms with E-state index >= 15 is 0 Å². The Morgan fingerprint density at radius 2 is 1.93 bits per heavy atom. The Kier molecular flexibility index (Phi) is 5.19. The number of fused-ring (bicyclic) bond motifs is 1. The van der Waals surface area contributed by atoms with Crippen molar-refractivity contribution in [3.63, 3.8) is 0 Å². The van der Waals surface area contributed by atoms with Crippen LogP contribution in [0.25, 0.3) is 11.1 Å². The van der Waals surface area contributed by atoms with Gasteiger partial charge in [0.25, 0.3) is 11.8 Å². The summed E-state index contributed by atoms with van der Waals surface area (Å²) in [6.07, 6.45) is 4.60. The molecule has 3 heterocycles. The Labute approximate surface area is 172 Å². The molecule has 0 aliphatic carbocycles. The maximum absolute atomic E-state index is 13.5. The number of carbonyl (C=O) groups is 1. The minimum atomic E-state index is -2.98. The van der Waals surface area contributed by atoms with Crippen molar-refractivity contribution in [1.82, 2.24) is 24.6 Å². The van der Waals surface area contributed by atoms with E-state index in [4.69, 9.17) is 4.74 Å². The van der Waals surface area contributed by atoms with Crippen LogP contribution in [0.1, 0.15) is 35.0 Å². The predicted molar refractivity (Wildman–Crippen MR) is 105 cm³/mol. The number of carbonyl (C=O) groups excluding carboxylic acids is 1. The highest BCUT2D eigenvalue weighted by molar-refractivity contribution is 5.99. The summed E-state index contributed by atoms with van der Waals surface area (Å²) >= 11 is 0. The quantitative estimate of drug-likeness (QED) is 0.593. The van der Waals surface area contributed by atoms with Crippen molar-refractivity contribution >= 4 is 5.91 Å². The molecule has 1 aliphatic heterocycles. The fourth-order valence-electron chi connectivity index (χ4n) is 3.26. The molecule has 9 heteroatoms. The lowest BCUT2D eigenvalue weighted by Crippen LogP contribution is -2.26. The van der Waals surface area contributed by atoms with Crippen molar-refractivity contribution in [2.24, 2.45) is 7.05 Å². The number of hydrogen-bond acceptors (Lipinski definition) is 5. The minimum absolute atomic E-state index is 0.0902. The number of aryl methyl sites for hydroxylation is 1. The molecule has 0 radical (unpaired) electrons. The van der Waals surface area contributed by atoms with E-state index in [9.17, 15) is 13.6 Å². The van der Waals surface area contributed by atoms with E-state index in [1.807, 2.05) is 37.5 Å². The second-order valence-corrected chi connectivity index (χ2v) is 7.26. The summed E-state index contributed by atoms with van der Waals surface area (Å²) in [7, 11) is 1.86. The average molecular weight is 413 g/mol. The molecule has 0 bridgehead atoms. The Morgan fingerprint density at radius 3 is 2.60 bits per heavy atom. The zero-order valence-corrected chi connectivity index (χ0v) is 16.7. The van der Waals surface area contributed by atoms with Gasteiger partial charge in [-0.2, -0.15) is 5.10 Å². The molecular formula is C21H21F2N5O2. The van der Waals surface area contributed by atoms with Gasteiger partial charge in [0.05, 0.1) is 18.4 Å². The average Bonchev–Trinajstić information content (AvgIpc) is 3.31. The van der Waals surface area contributed by atoms with Crippen molar-refractivity contribution in [2.45, 2.75) is 32.4 Å². The molecule has 0 saturated carbocycles. The first-order valence-electron chi connectivity index (χ1n) is 9.58. The van der Waals surface area contributed by atoms with E-state index in [0.29, 0.717) is 12.2 Å². The van der Waals surface area contributed by atoms with Crippen LogP contribution in [-0.4, -0.2) is 43.1 Å². The third-order valence-electron chi connectivity index (χ3n) is 5.04. The van der Waals surface area contributed by atoms with Gasteiger partial charge in [-0.25, -0.2) is 18.7 Å². The lowest BCUT2D eigenvalue weighted by atomic mass is 10.1. The topological polar surface area (TPSA) is 73.1 Å². The molecule has 4 rings (SSSR count).